The number of para-hydroxylation sites is 2. The van der Waals surface area contributed by atoms with Crippen molar-refractivity contribution in [2.75, 3.05) is 0 Å². The van der Waals surface area contributed by atoms with Crippen LogP contribution in [0, 0.1) is 22.7 Å². The summed E-state index contributed by atoms with van der Waals surface area (Å²) in [5, 5.41) is 23.8. The van der Waals surface area contributed by atoms with E-state index < -0.39 is 0 Å². The number of hydrogen-bond acceptors (Lipinski definition) is 3. The van der Waals surface area contributed by atoms with Crippen LogP contribution in [0.2, 0.25) is 0 Å². The van der Waals surface area contributed by atoms with Gasteiger partial charge >= 0.3 is 0 Å². The number of fused-ring (bicyclic) bond motifs is 6. The fourth-order valence-electron chi connectivity index (χ4n) is 5.23. The molecule has 2 aromatic heterocycles. The van der Waals surface area contributed by atoms with E-state index in [2.05, 4.69) is 89.5 Å². The molecule has 166 valence electrons. The van der Waals surface area contributed by atoms with E-state index in [1.165, 1.54) is 26.2 Å². The Morgan fingerprint density at radius 3 is 1.83 bits per heavy atom. The van der Waals surface area contributed by atoms with Crippen LogP contribution in [0.1, 0.15) is 11.1 Å². The van der Waals surface area contributed by atoms with Crippen LogP contribution in [0.25, 0.3) is 58.8 Å². The first kappa shape index (κ1) is 20.5. The van der Waals surface area contributed by atoms with Crippen LogP contribution in [0.15, 0.2) is 103 Å². The van der Waals surface area contributed by atoms with Gasteiger partial charge in [-0.05, 0) is 48.0 Å². The molecule has 4 heteroatoms. The normalized spacial score (nSPS) is 11.3. The van der Waals surface area contributed by atoms with Crippen molar-refractivity contribution >= 4 is 53.3 Å². The van der Waals surface area contributed by atoms with Crippen LogP contribution in [0.3, 0.4) is 0 Å². The van der Waals surface area contributed by atoms with Gasteiger partial charge in [0.15, 0.2) is 0 Å². The lowest BCUT2D eigenvalue weighted by molar-refractivity contribution is 1.18. The van der Waals surface area contributed by atoms with E-state index in [9.17, 15) is 10.5 Å². The third-order valence-corrected chi connectivity index (χ3v) is 7.98. The van der Waals surface area contributed by atoms with Gasteiger partial charge in [0, 0.05) is 36.5 Å². The number of nitriles is 2. The molecule has 0 amide bonds. The van der Waals surface area contributed by atoms with Gasteiger partial charge in [-0.15, -0.1) is 11.3 Å². The molecular formula is C32H17N3S. The van der Waals surface area contributed by atoms with Crippen LogP contribution in [-0.2, 0) is 0 Å². The second-order valence-corrected chi connectivity index (χ2v) is 9.93. The molecule has 0 aliphatic rings. The Labute approximate surface area is 211 Å². The summed E-state index contributed by atoms with van der Waals surface area (Å²) in [6, 6.07) is 39.8. The van der Waals surface area contributed by atoms with E-state index in [0.717, 1.165) is 32.5 Å². The Kier molecular flexibility index (Phi) is 4.45. The van der Waals surface area contributed by atoms with Gasteiger partial charge in [-0.3, -0.25) is 0 Å². The molecule has 0 aliphatic heterocycles. The lowest BCUT2D eigenvalue weighted by Gasteiger charge is -2.15. The number of hydrogen-bond donors (Lipinski definition) is 0. The predicted octanol–water partition coefficient (Wildman–Crippen LogP) is 8.56. The van der Waals surface area contributed by atoms with Gasteiger partial charge in [-0.25, -0.2) is 0 Å². The molecule has 0 fully saturated rings. The van der Waals surface area contributed by atoms with Crippen LogP contribution >= 0.6 is 11.3 Å². The van der Waals surface area contributed by atoms with Crippen molar-refractivity contribution < 1.29 is 0 Å². The van der Waals surface area contributed by atoms with Crippen molar-refractivity contribution in [1.29, 1.82) is 10.5 Å². The first-order chi connectivity index (χ1) is 17.7. The van der Waals surface area contributed by atoms with Crippen LogP contribution in [0.4, 0.5) is 0 Å². The minimum Gasteiger partial charge on any atom is -0.309 e. The first-order valence-electron chi connectivity index (χ1n) is 11.6. The molecule has 0 unspecified atom stereocenters. The Bertz CT molecular complexity index is 2030. The highest BCUT2D eigenvalue weighted by Gasteiger charge is 2.17. The largest absolute Gasteiger partial charge is 0.309 e. The maximum atomic E-state index is 9.73. The number of benzene rings is 5. The smallest absolute Gasteiger partial charge is 0.0992 e. The van der Waals surface area contributed by atoms with E-state index in [0.29, 0.717) is 11.1 Å². The van der Waals surface area contributed by atoms with Gasteiger partial charge in [0.1, 0.15) is 0 Å². The van der Waals surface area contributed by atoms with E-state index in [1.54, 1.807) is 11.3 Å². The van der Waals surface area contributed by atoms with Crippen LogP contribution in [-0.4, -0.2) is 4.57 Å². The summed E-state index contributed by atoms with van der Waals surface area (Å²) in [5.41, 5.74) is 6.67. The summed E-state index contributed by atoms with van der Waals surface area (Å²) in [4.78, 5) is 0. The molecule has 0 saturated carbocycles. The van der Waals surface area contributed by atoms with Gasteiger partial charge < -0.3 is 4.57 Å². The van der Waals surface area contributed by atoms with Crippen molar-refractivity contribution in [3.8, 4) is 29.0 Å². The predicted molar refractivity (Wildman–Crippen MR) is 149 cm³/mol. The van der Waals surface area contributed by atoms with Crippen LogP contribution < -0.4 is 0 Å². The fourth-order valence-corrected chi connectivity index (χ4v) is 6.41. The van der Waals surface area contributed by atoms with E-state index in [4.69, 9.17) is 0 Å². The number of thiophene rings is 1. The van der Waals surface area contributed by atoms with Gasteiger partial charge in [-0.2, -0.15) is 10.5 Å². The summed E-state index contributed by atoms with van der Waals surface area (Å²) in [6.07, 6.45) is 0. The lowest BCUT2D eigenvalue weighted by atomic mass is 9.99. The van der Waals surface area contributed by atoms with Gasteiger partial charge in [-0.1, -0.05) is 60.7 Å². The van der Waals surface area contributed by atoms with E-state index >= 15 is 0 Å². The van der Waals surface area contributed by atoms with Crippen molar-refractivity contribution in [3.05, 3.63) is 114 Å². The highest BCUT2D eigenvalue weighted by Crippen LogP contribution is 2.40. The highest BCUT2D eigenvalue weighted by atomic mass is 32.1. The highest BCUT2D eigenvalue weighted by molar-refractivity contribution is 7.25. The molecule has 5 aromatic carbocycles. The molecule has 0 spiro atoms. The molecule has 36 heavy (non-hydrogen) atoms. The third kappa shape index (κ3) is 2.96. The molecular weight excluding hydrogens is 458 g/mol. The molecule has 0 saturated heterocycles. The number of nitrogens with zero attached hydrogens (tertiary/aromatic N) is 3. The average Bonchev–Trinajstić information content (AvgIpc) is 3.47. The zero-order valence-electron chi connectivity index (χ0n) is 19.1. The monoisotopic (exact) mass is 475 g/mol. The maximum Gasteiger partial charge on any atom is 0.0992 e. The van der Waals surface area contributed by atoms with E-state index in [1.807, 2.05) is 30.3 Å². The zero-order valence-corrected chi connectivity index (χ0v) is 19.9. The summed E-state index contributed by atoms with van der Waals surface area (Å²) in [7, 11) is 0. The topological polar surface area (TPSA) is 52.5 Å². The Hall–Kier alpha value is -4.90. The quantitative estimate of drug-likeness (QED) is 0.251. The summed E-state index contributed by atoms with van der Waals surface area (Å²) in [5.74, 6) is 0. The molecule has 0 bridgehead atoms. The maximum absolute atomic E-state index is 9.73. The third-order valence-electron chi connectivity index (χ3n) is 6.86. The Morgan fingerprint density at radius 1 is 0.556 bits per heavy atom. The number of rotatable bonds is 2. The molecule has 7 aromatic rings. The Balaban J connectivity index is 1.53. The lowest BCUT2D eigenvalue weighted by Crippen LogP contribution is -1.98. The molecule has 0 radical (unpaired) electrons. The van der Waals surface area contributed by atoms with Crippen molar-refractivity contribution in [1.82, 2.24) is 4.57 Å². The van der Waals surface area contributed by atoms with Gasteiger partial charge in [0.2, 0.25) is 0 Å². The molecule has 0 N–H and O–H groups in total. The summed E-state index contributed by atoms with van der Waals surface area (Å²) < 4.78 is 4.56. The summed E-state index contributed by atoms with van der Waals surface area (Å²) in [6.45, 7) is 0. The van der Waals surface area contributed by atoms with Crippen molar-refractivity contribution in [2.45, 2.75) is 0 Å². The standard InChI is InChI=1S/C32H17N3S/c33-18-20-9-12-23(22-11-14-27-26-13-10-21(19-34)16-31(26)36-32(27)17-22)30(15-20)35-28-7-3-1-5-24(28)25-6-2-4-8-29(25)35/h1-17H. The molecule has 0 aliphatic carbocycles. The second kappa shape index (κ2) is 7.82. The van der Waals surface area contributed by atoms with Crippen molar-refractivity contribution in [2.24, 2.45) is 0 Å². The van der Waals surface area contributed by atoms with Gasteiger partial charge in [0.05, 0.1) is 40.0 Å². The Morgan fingerprint density at radius 2 is 1.14 bits per heavy atom. The minimum atomic E-state index is 0.627. The molecule has 7 rings (SSSR count). The van der Waals surface area contributed by atoms with Gasteiger partial charge in [0.25, 0.3) is 0 Å². The number of aromatic nitrogens is 1. The average molecular weight is 476 g/mol. The van der Waals surface area contributed by atoms with Crippen LogP contribution in [0.5, 0.6) is 0 Å². The summed E-state index contributed by atoms with van der Waals surface area (Å²) >= 11 is 1.71. The minimum absolute atomic E-state index is 0.627. The molecule has 0 atom stereocenters. The zero-order chi connectivity index (χ0) is 24.2. The SMILES string of the molecule is N#Cc1ccc(-c2ccc3c(c2)sc2cc(C#N)ccc23)c(-n2c3ccccc3c3ccccc32)c1. The molecule has 3 nitrogen and oxygen atoms in total. The molecule has 2 heterocycles. The fraction of sp³-hybridized carbons (Fsp3) is 0. The van der Waals surface area contributed by atoms with Crippen molar-refractivity contribution in [3.63, 3.8) is 0 Å². The van der Waals surface area contributed by atoms with E-state index in [-0.39, 0.29) is 0 Å². The second-order valence-electron chi connectivity index (χ2n) is 8.85. The first-order valence-corrected chi connectivity index (χ1v) is 12.5.